The molecule has 0 radical (unpaired) electrons. The second-order valence-electron chi connectivity index (χ2n) is 12.0. The molecular formula is C25H26Cl2N6O17P4. The second kappa shape index (κ2) is 14.2. The lowest BCUT2D eigenvalue weighted by atomic mass is 9.71. The Kier molecular flexibility index (Phi) is 10.7. The summed E-state index contributed by atoms with van der Waals surface area (Å²) in [5, 5.41) is 10.0. The molecule has 23 nitrogen and oxygen atoms in total. The molecule has 2 aliphatic heterocycles. The van der Waals surface area contributed by atoms with E-state index in [-0.39, 0.29) is 39.2 Å². The lowest BCUT2D eigenvalue weighted by molar-refractivity contribution is -0.111. The molecule has 1 saturated heterocycles. The lowest BCUT2D eigenvalue weighted by Crippen LogP contribution is -2.32. The van der Waals surface area contributed by atoms with Crippen LogP contribution in [0.4, 0.5) is 11.6 Å². The number of hydrogen-bond donors (Lipinski definition) is 7. The summed E-state index contributed by atoms with van der Waals surface area (Å²) < 4.78 is 78.4. The SMILES string of the molecule is CC1(C)C2=C(Cl)C(=O)C(Cl)=CC2=Nc2ccc(OP(=O)(O)OP(=O)(O)OP(=O)(O)OP(=O)(O)OCC3OC(n4cnc5c(=O)[nH]c(N)nc54)CC3O)cc21. The fourth-order valence-corrected chi connectivity index (χ4v) is 11.3. The number of halogens is 2. The summed E-state index contributed by atoms with van der Waals surface area (Å²) in [6.45, 7) is 2.32. The van der Waals surface area contributed by atoms with Crippen LogP contribution in [-0.4, -0.2) is 74.5 Å². The number of nitrogens with zero attached hydrogens (tertiary/aromatic N) is 4. The number of aromatic nitrogens is 4. The van der Waals surface area contributed by atoms with Gasteiger partial charge >= 0.3 is 31.3 Å². The highest BCUT2D eigenvalue weighted by Crippen LogP contribution is 2.71. The number of fused-ring (bicyclic) bond motifs is 3. The van der Waals surface area contributed by atoms with Gasteiger partial charge in [0.05, 0.1) is 40.5 Å². The summed E-state index contributed by atoms with van der Waals surface area (Å²) in [5.41, 5.74) is 4.92. The third-order valence-electron chi connectivity index (χ3n) is 7.87. The topological polar surface area (TPSA) is 344 Å². The highest BCUT2D eigenvalue weighted by atomic mass is 35.5. The predicted octanol–water partition coefficient (Wildman–Crippen LogP) is 3.46. The maximum atomic E-state index is 12.7. The number of ketones is 1. The molecule has 0 spiro atoms. The van der Waals surface area contributed by atoms with Crippen molar-refractivity contribution in [3.63, 3.8) is 0 Å². The fraction of sp³-hybridized carbons (Fsp3) is 0.320. The second-order valence-corrected chi connectivity index (χ2v) is 19.0. The lowest BCUT2D eigenvalue weighted by Gasteiger charge is -2.36. The number of nitrogen functional groups attached to an aromatic ring is 1. The van der Waals surface area contributed by atoms with Crippen LogP contribution in [0.3, 0.4) is 0 Å². The van der Waals surface area contributed by atoms with Crippen molar-refractivity contribution in [1.29, 1.82) is 0 Å². The zero-order chi connectivity index (χ0) is 39.8. The van der Waals surface area contributed by atoms with E-state index in [2.05, 4.69) is 37.4 Å². The van der Waals surface area contributed by atoms with Gasteiger partial charge in [-0.15, -0.1) is 0 Å². The number of Topliss-reactive ketones (excluding diaryl/α,β-unsaturated/α-hetero) is 1. The molecule has 1 aromatic carbocycles. The van der Waals surface area contributed by atoms with Crippen molar-refractivity contribution in [3.05, 3.63) is 62.2 Å². The summed E-state index contributed by atoms with van der Waals surface area (Å²) in [6.07, 6.45) is -1.51. The van der Waals surface area contributed by atoms with Crippen molar-refractivity contribution in [2.45, 2.75) is 44.1 Å². The number of aliphatic hydroxyl groups is 1. The number of nitrogens with two attached hydrogens (primary N) is 1. The summed E-state index contributed by atoms with van der Waals surface area (Å²) in [7, 11) is -23.7. The molecule has 6 rings (SSSR count). The maximum absolute atomic E-state index is 12.7. The number of aliphatic hydroxyl groups excluding tert-OH is 1. The minimum Gasteiger partial charge on any atom is -0.404 e. The first-order valence-corrected chi connectivity index (χ1v) is 21.5. The number of hydrogen-bond acceptors (Lipinski definition) is 17. The van der Waals surface area contributed by atoms with Gasteiger partial charge in [0.25, 0.3) is 5.56 Å². The average molecular weight is 877 g/mol. The van der Waals surface area contributed by atoms with Crippen molar-refractivity contribution >= 4 is 88.8 Å². The van der Waals surface area contributed by atoms with Gasteiger partial charge in [0.1, 0.15) is 18.1 Å². The largest absolute Gasteiger partial charge is 0.536 e. The van der Waals surface area contributed by atoms with Gasteiger partial charge < -0.3 is 34.8 Å². The van der Waals surface area contributed by atoms with Gasteiger partial charge in [-0.1, -0.05) is 37.0 Å². The first-order valence-electron chi connectivity index (χ1n) is 14.8. The molecule has 3 aliphatic rings. The average Bonchev–Trinajstić information content (AvgIpc) is 3.60. The predicted molar refractivity (Wildman–Crippen MR) is 185 cm³/mol. The number of aromatic amines is 1. The zero-order valence-corrected chi connectivity index (χ0v) is 32.2. The third kappa shape index (κ3) is 8.42. The van der Waals surface area contributed by atoms with E-state index in [1.54, 1.807) is 13.8 Å². The van der Waals surface area contributed by atoms with Crippen molar-refractivity contribution in [2.24, 2.45) is 4.99 Å². The molecule has 54 heavy (non-hydrogen) atoms. The quantitative estimate of drug-likeness (QED) is 0.101. The van der Waals surface area contributed by atoms with Crippen LogP contribution in [0.1, 0.15) is 32.1 Å². The fourth-order valence-electron chi connectivity index (χ4n) is 5.66. The molecule has 7 unspecified atom stereocenters. The zero-order valence-electron chi connectivity index (χ0n) is 27.1. The minimum atomic E-state index is -6.14. The Hall–Kier alpha value is -2.91. The number of carbonyl (C=O) groups is 1. The van der Waals surface area contributed by atoms with E-state index in [4.69, 9.17) is 38.2 Å². The number of nitrogens with one attached hydrogen (secondary N) is 1. The molecule has 2 aromatic heterocycles. The van der Waals surface area contributed by atoms with Crippen LogP contribution in [0, 0.1) is 0 Å². The Morgan fingerprint density at radius 2 is 1.69 bits per heavy atom. The standard InChI is InChI=1S/C25H26Cl2N6O17P4/c1-25(2)11-5-10(3-4-13(11)30-14-6-12(26)21(35)19(27)18(14)25)47-52(39,40)49-54(43,44)50-53(41,42)48-51(37,38)45-8-16-15(34)7-17(46-16)33-9-29-20-22(33)31-24(28)32-23(20)36/h3-6,9,15-17,34H,7-8H2,1-2H3,(H,37,38)(H,39,40)(H,41,42)(H,43,44)(H3,28,31,32,36). The smallest absolute Gasteiger partial charge is 0.404 e. The van der Waals surface area contributed by atoms with E-state index < -0.39 is 78.8 Å². The molecule has 1 fully saturated rings. The number of anilines is 1. The van der Waals surface area contributed by atoms with Crippen LogP contribution in [0.15, 0.2) is 56.0 Å². The Labute approximate surface area is 311 Å². The number of phosphoric acid groups is 4. The third-order valence-corrected chi connectivity index (χ3v) is 14.4. The number of ether oxygens (including phenoxy) is 1. The van der Waals surface area contributed by atoms with Gasteiger partial charge in [0.15, 0.2) is 11.2 Å². The molecule has 7 atom stereocenters. The van der Waals surface area contributed by atoms with Crippen molar-refractivity contribution in [1.82, 2.24) is 19.5 Å². The Morgan fingerprint density at radius 1 is 1.04 bits per heavy atom. The van der Waals surface area contributed by atoms with Gasteiger partial charge in [-0.05, 0) is 29.8 Å². The highest BCUT2D eigenvalue weighted by molar-refractivity contribution is 7.69. The van der Waals surface area contributed by atoms with E-state index in [9.17, 15) is 52.5 Å². The van der Waals surface area contributed by atoms with E-state index in [0.29, 0.717) is 17.0 Å². The Balaban J connectivity index is 1.07. The molecule has 29 heteroatoms. The van der Waals surface area contributed by atoms with E-state index in [1.165, 1.54) is 29.1 Å². The van der Waals surface area contributed by atoms with Gasteiger partial charge in [-0.3, -0.25) is 28.6 Å². The van der Waals surface area contributed by atoms with Crippen LogP contribution < -0.4 is 15.8 Å². The Morgan fingerprint density at radius 3 is 2.37 bits per heavy atom. The van der Waals surface area contributed by atoms with E-state index in [1.807, 2.05) is 0 Å². The number of allylic oxidation sites excluding steroid dienone is 4. The van der Waals surface area contributed by atoms with Gasteiger partial charge in [0, 0.05) is 17.4 Å². The van der Waals surface area contributed by atoms with Crippen LogP contribution >= 0.6 is 54.5 Å². The summed E-state index contributed by atoms with van der Waals surface area (Å²) in [5.74, 6) is -1.35. The van der Waals surface area contributed by atoms with Gasteiger partial charge in [0.2, 0.25) is 11.7 Å². The molecule has 292 valence electrons. The van der Waals surface area contributed by atoms with Crippen LogP contribution in [0.2, 0.25) is 0 Å². The summed E-state index contributed by atoms with van der Waals surface area (Å²) in [4.78, 5) is 79.2. The number of carbonyl (C=O) groups excluding carboxylic acids is 1. The van der Waals surface area contributed by atoms with Crippen molar-refractivity contribution < 1.29 is 74.5 Å². The molecule has 4 heterocycles. The van der Waals surface area contributed by atoms with Crippen molar-refractivity contribution in [3.8, 4) is 5.75 Å². The number of rotatable bonds is 12. The molecule has 0 saturated carbocycles. The number of H-pyrrole nitrogens is 1. The molecule has 0 bridgehead atoms. The van der Waals surface area contributed by atoms with Crippen molar-refractivity contribution in [2.75, 3.05) is 12.3 Å². The minimum absolute atomic E-state index is 0.0110. The summed E-state index contributed by atoms with van der Waals surface area (Å²) >= 11 is 12.3. The van der Waals surface area contributed by atoms with E-state index in [0.717, 1.165) is 6.07 Å². The monoisotopic (exact) mass is 876 g/mol. The summed E-state index contributed by atoms with van der Waals surface area (Å²) in [6, 6.07) is 3.63. The molecule has 0 amide bonds. The van der Waals surface area contributed by atoms with Gasteiger partial charge in [-0.25, -0.2) is 28.2 Å². The van der Waals surface area contributed by atoms with Crippen LogP contribution in [0.25, 0.3) is 11.2 Å². The van der Waals surface area contributed by atoms with E-state index >= 15 is 0 Å². The molecule has 1 aliphatic carbocycles. The number of phosphoric ester groups is 2. The highest BCUT2D eigenvalue weighted by Gasteiger charge is 2.48. The van der Waals surface area contributed by atoms with Crippen LogP contribution in [0.5, 0.6) is 5.75 Å². The Bertz CT molecular complexity index is 2450. The molecule has 3 aromatic rings. The number of aliphatic imine (C=N–C) groups is 1. The normalized spacial score (nSPS) is 25.4. The van der Waals surface area contributed by atoms with Crippen LogP contribution in [-0.2, 0) is 50.7 Å². The number of imidazole rings is 1. The maximum Gasteiger partial charge on any atom is 0.536 e. The molecule has 8 N–H and O–H groups in total. The van der Waals surface area contributed by atoms with Gasteiger partial charge in [-0.2, -0.15) is 17.9 Å². The molecular weight excluding hydrogens is 851 g/mol. The number of benzene rings is 1. The first-order chi connectivity index (χ1) is 24.9. The first kappa shape index (κ1) is 40.7.